The Morgan fingerprint density at radius 3 is 2.68 bits per heavy atom. The van der Waals surface area contributed by atoms with Gasteiger partial charge in [-0.05, 0) is 29.8 Å². The predicted molar refractivity (Wildman–Crippen MR) is 121 cm³/mol. The SMILES string of the molecule is COCCNc1ncc2c(F)cc(C(=O)NC(c3cn[nH]c3)c3ccc(OC)c(F)c3)cc2n1. The van der Waals surface area contributed by atoms with Gasteiger partial charge < -0.3 is 20.1 Å². The molecule has 1 amide bonds. The van der Waals surface area contributed by atoms with Crippen molar-refractivity contribution in [2.75, 3.05) is 32.7 Å². The second kappa shape index (κ2) is 10.2. The zero-order valence-electron chi connectivity index (χ0n) is 18.4. The second-order valence-corrected chi connectivity index (χ2v) is 7.34. The van der Waals surface area contributed by atoms with Crippen molar-refractivity contribution in [2.24, 2.45) is 0 Å². The standard InChI is InChI=1S/C23H22F2N6O3/c1-33-6-5-26-23-27-12-16-17(24)8-14(9-19(16)30-23)22(32)31-21(15-10-28-29-11-15)13-3-4-20(34-2)18(25)7-13/h3-4,7-12,21H,5-6H2,1-2H3,(H,28,29)(H,31,32)(H,26,27,30). The summed E-state index contributed by atoms with van der Waals surface area (Å²) in [5.74, 6) is -1.43. The molecule has 2 aromatic heterocycles. The summed E-state index contributed by atoms with van der Waals surface area (Å²) in [6.07, 6.45) is 4.45. The number of aromatic amines is 1. The first-order chi connectivity index (χ1) is 16.5. The van der Waals surface area contributed by atoms with E-state index in [4.69, 9.17) is 9.47 Å². The van der Waals surface area contributed by atoms with Crippen molar-refractivity contribution in [3.8, 4) is 5.75 Å². The molecule has 0 bridgehead atoms. The van der Waals surface area contributed by atoms with E-state index in [1.54, 1.807) is 19.4 Å². The van der Waals surface area contributed by atoms with Crippen molar-refractivity contribution in [3.05, 3.63) is 77.2 Å². The highest BCUT2D eigenvalue weighted by Crippen LogP contribution is 2.27. The highest BCUT2D eigenvalue weighted by Gasteiger charge is 2.21. The molecule has 9 nitrogen and oxygen atoms in total. The number of hydrogen-bond donors (Lipinski definition) is 3. The highest BCUT2D eigenvalue weighted by atomic mass is 19.1. The Hall–Kier alpha value is -4.12. The van der Waals surface area contributed by atoms with Crippen molar-refractivity contribution in [1.82, 2.24) is 25.5 Å². The number of benzene rings is 2. The van der Waals surface area contributed by atoms with E-state index in [0.717, 1.165) is 6.07 Å². The minimum atomic E-state index is -0.748. The average molecular weight is 468 g/mol. The van der Waals surface area contributed by atoms with Crippen molar-refractivity contribution in [2.45, 2.75) is 6.04 Å². The fourth-order valence-electron chi connectivity index (χ4n) is 3.43. The number of ether oxygens (including phenoxy) is 2. The number of nitrogens with one attached hydrogen (secondary N) is 3. The number of H-pyrrole nitrogens is 1. The molecule has 1 unspecified atom stereocenters. The Bertz CT molecular complexity index is 1300. The van der Waals surface area contributed by atoms with Crippen LogP contribution >= 0.6 is 0 Å². The van der Waals surface area contributed by atoms with Gasteiger partial charge in [0.25, 0.3) is 5.91 Å². The summed E-state index contributed by atoms with van der Waals surface area (Å²) >= 11 is 0. The van der Waals surface area contributed by atoms with Crippen molar-refractivity contribution in [1.29, 1.82) is 0 Å². The number of anilines is 1. The van der Waals surface area contributed by atoms with Gasteiger partial charge in [0, 0.05) is 37.2 Å². The second-order valence-electron chi connectivity index (χ2n) is 7.34. The smallest absolute Gasteiger partial charge is 0.252 e. The largest absolute Gasteiger partial charge is 0.494 e. The molecular formula is C23H22F2N6O3. The van der Waals surface area contributed by atoms with Crippen LogP contribution in [0.25, 0.3) is 10.9 Å². The van der Waals surface area contributed by atoms with Gasteiger partial charge in [0.05, 0.1) is 36.9 Å². The number of amides is 1. The van der Waals surface area contributed by atoms with Crippen molar-refractivity contribution in [3.63, 3.8) is 0 Å². The van der Waals surface area contributed by atoms with Gasteiger partial charge in [-0.15, -0.1) is 0 Å². The molecule has 34 heavy (non-hydrogen) atoms. The number of hydrogen-bond acceptors (Lipinski definition) is 7. The van der Waals surface area contributed by atoms with E-state index in [2.05, 4.69) is 30.8 Å². The number of halogens is 2. The fourth-order valence-corrected chi connectivity index (χ4v) is 3.43. The topological polar surface area (TPSA) is 114 Å². The third-order valence-electron chi connectivity index (χ3n) is 5.14. The Labute approximate surface area is 193 Å². The maximum atomic E-state index is 14.7. The molecule has 0 saturated carbocycles. The van der Waals surface area contributed by atoms with Crippen LogP contribution in [0.3, 0.4) is 0 Å². The highest BCUT2D eigenvalue weighted by molar-refractivity contribution is 5.98. The maximum absolute atomic E-state index is 14.7. The molecule has 4 rings (SSSR count). The average Bonchev–Trinajstić information content (AvgIpc) is 3.37. The summed E-state index contributed by atoms with van der Waals surface area (Å²) < 4.78 is 39.0. The van der Waals surface area contributed by atoms with Crippen LogP contribution in [0.1, 0.15) is 27.5 Å². The number of aromatic nitrogens is 4. The number of rotatable bonds is 9. The first kappa shape index (κ1) is 23.1. The lowest BCUT2D eigenvalue weighted by molar-refractivity contribution is 0.0942. The summed E-state index contributed by atoms with van der Waals surface area (Å²) in [7, 11) is 2.93. The van der Waals surface area contributed by atoms with Crippen LogP contribution in [-0.4, -0.2) is 53.4 Å². The molecule has 0 aliphatic heterocycles. The van der Waals surface area contributed by atoms with Crippen molar-refractivity contribution < 1.29 is 23.0 Å². The number of carbonyl (C=O) groups excluding carboxylic acids is 1. The van der Waals surface area contributed by atoms with E-state index in [1.165, 1.54) is 37.7 Å². The summed E-state index contributed by atoms with van der Waals surface area (Å²) in [4.78, 5) is 21.5. The molecule has 2 aromatic carbocycles. The summed E-state index contributed by atoms with van der Waals surface area (Å²) in [5.41, 5.74) is 1.36. The lowest BCUT2D eigenvalue weighted by Gasteiger charge is -2.19. The Kier molecular flexibility index (Phi) is 6.93. The first-order valence-corrected chi connectivity index (χ1v) is 10.3. The molecular weight excluding hydrogens is 446 g/mol. The van der Waals surface area contributed by atoms with Crippen LogP contribution in [0.5, 0.6) is 5.75 Å². The van der Waals surface area contributed by atoms with Gasteiger partial charge in [0.2, 0.25) is 5.95 Å². The maximum Gasteiger partial charge on any atom is 0.252 e. The van der Waals surface area contributed by atoms with Crippen molar-refractivity contribution >= 4 is 22.8 Å². The van der Waals surface area contributed by atoms with E-state index in [9.17, 15) is 13.6 Å². The summed E-state index contributed by atoms with van der Waals surface area (Å²) in [5, 5.41) is 12.6. The molecule has 4 aromatic rings. The fraction of sp³-hybridized carbons (Fsp3) is 0.217. The van der Waals surface area contributed by atoms with Crippen LogP contribution in [-0.2, 0) is 4.74 Å². The molecule has 3 N–H and O–H groups in total. The van der Waals surface area contributed by atoms with E-state index < -0.39 is 23.6 Å². The molecule has 11 heteroatoms. The summed E-state index contributed by atoms with van der Waals surface area (Å²) in [6, 6.07) is 6.20. The molecule has 176 valence electrons. The number of nitrogens with zero attached hydrogens (tertiary/aromatic N) is 3. The Balaban J connectivity index is 1.64. The monoisotopic (exact) mass is 468 g/mol. The molecule has 0 saturated heterocycles. The summed E-state index contributed by atoms with van der Waals surface area (Å²) in [6.45, 7) is 0.912. The molecule has 0 fully saturated rings. The van der Waals surface area contributed by atoms with Crippen LogP contribution in [0.4, 0.5) is 14.7 Å². The normalized spacial score (nSPS) is 11.9. The van der Waals surface area contributed by atoms with Gasteiger partial charge in [-0.3, -0.25) is 9.89 Å². The van der Waals surface area contributed by atoms with E-state index >= 15 is 0 Å². The van der Waals surface area contributed by atoms with Gasteiger partial charge in [0.15, 0.2) is 11.6 Å². The third-order valence-corrected chi connectivity index (χ3v) is 5.14. The van der Waals surface area contributed by atoms with Crippen LogP contribution in [0.2, 0.25) is 0 Å². The van der Waals surface area contributed by atoms with Crippen LogP contribution in [0, 0.1) is 11.6 Å². The minimum Gasteiger partial charge on any atom is -0.494 e. The predicted octanol–water partition coefficient (Wildman–Crippen LogP) is 3.22. The van der Waals surface area contributed by atoms with Gasteiger partial charge in [-0.25, -0.2) is 18.7 Å². The van der Waals surface area contributed by atoms with E-state index in [-0.39, 0.29) is 28.2 Å². The lowest BCUT2D eigenvalue weighted by Crippen LogP contribution is -2.29. The number of carbonyl (C=O) groups is 1. The lowest BCUT2D eigenvalue weighted by atomic mass is 10.0. The molecule has 0 spiro atoms. The quantitative estimate of drug-likeness (QED) is 0.323. The number of methoxy groups -OCH3 is 2. The molecule has 2 heterocycles. The molecule has 0 aliphatic rings. The van der Waals surface area contributed by atoms with E-state index in [0.29, 0.717) is 24.3 Å². The van der Waals surface area contributed by atoms with E-state index in [1.807, 2.05) is 0 Å². The molecule has 1 atom stereocenters. The molecule has 0 aliphatic carbocycles. The van der Waals surface area contributed by atoms with Gasteiger partial charge in [-0.1, -0.05) is 6.07 Å². The Morgan fingerprint density at radius 1 is 1.12 bits per heavy atom. The first-order valence-electron chi connectivity index (χ1n) is 10.3. The Morgan fingerprint density at radius 2 is 1.97 bits per heavy atom. The van der Waals surface area contributed by atoms with Crippen LogP contribution in [0.15, 0.2) is 48.9 Å². The van der Waals surface area contributed by atoms with Crippen LogP contribution < -0.4 is 15.4 Å². The van der Waals surface area contributed by atoms with Gasteiger partial charge in [0.1, 0.15) is 5.82 Å². The zero-order valence-corrected chi connectivity index (χ0v) is 18.4. The minimum absolute atomic E-state index is 0.0500. The third kappa shape index (κ3) is 4.94. The van der Waals surface area contributed by atoms with Gasteiger partial charge in [-0.2, -0.15) is 5.10 Å². The molecule has 0 radical (unpaired) electrons. The zero-order chi connectivity index (χ0) is 24.1. The van der Waals surface area contributed by atoms with Gasteiger partial charge >= 0.3 is 0 Å². The number of fused-ring (bicyclic) bond motifs is 1.